The van der Waals surface area contributed by atoms with Crippen molar-refractivity contribution in [2.75, 3.05) is 36.8 Å². The highest BCUT2D eigenvalue weighted by molar-refractivity contribution is 7.90. The van der Waals surface area contributed by atoms with Crippen LogP contribution in [0.1, 0.15) is 0 Å². The molecule has 0 aliphatic carbocycles. The number of nitrogens with zero attached hydrogens (tertiary/aromatic N) is 1. The molecule has 1 saturated heterocycles. The summed E-state index contributed by atoms with van der Waals surface area (Å²) in [5.74, 6) is -2.07. The molecule has 1 aliphatic heterocycles. The maximum atomic E-state index is 13.6. The zero-order valence-electron chi connectivity index (χ0n) is 9.90. The van der Waals surface area contributed by atoms with Crippen molar-refractivity contribution in [3.8, 4) is 0 Å². The predicted molar refractivity (Wildman–Crippen MR) is 65.7 cm³/mol. The largest absolute Gasteiger partial charge is 0.394 e. The van der Waals surface area contributed by atoms with E-state index in [1.165, 1.54) is 0 Å². The molecule has 1 heterocycles. The SMILES string of the molecule is Nc1c(F)ccc(NS(=O)(=O)N2CCOCC2)c1F. The highest BCUT2D eigenvalue weighted by atomic mass is 32.2. The van der Waals surface area contributed by atoms with Crippen LogP contribution in [0.4, 0.5) is 20.2 Å². The first-order chi connectivity index (χ1) is 8.92. The smallest absolute Gasteiger partial charge is 0.301 e. The van der Waals surface area contributed by atoms with Gasteiger partial charge in [0.2, 0.25) is 0 Å². The van der Waals surface area contributed by atoms with Gasteiger partial charge in [0.25, 0.3) is 0 Å². The summed E-state index contributed by atoms with van der Waals surface area (Å²) in [6.45, 7) is 0.894. The minimum absolute atomic E-state index is 0.174. The van der Waals surface area contributed by atoms with E-state index in [1.54, 1.807) is 0 Å². The minimum atomic E-state index is -3.90. The van der Waals surface area contributed by atoms with Crippen molar-refractivity contribution in [3.05, 3.63) is 23.8 Å². The van der Waals surface area contributed by atoms with Gasteiger partial charge < -0.3 is 10.5 Å². The molecule has 1 fully saturated rings. The van der Waals surface area contributed by atoms with E-state index < -0.39 is 27.5 Å². The average Bonchev–Trinajstić information content (AvgIpc) is 2.40. The molecule has 0 unspecified atom stereocenters. The number of ether oxygens (including phenoxy) is 1. The van der Waals surface area contributed by atoms with Crippen molar-refractivity contribution in [2.45, 2.75) is 0 Å². The van der Waals surface area contributed by atoms with E-state index in [0.717, 1.165) is 16.4 Å². The maximum absolute atomic E-state index is 13.6. The quantitative estimate of drug-likeness (QED) is 0.796. The second kappa shape index (κ2) is 5.27. The number of nitrogens with one attached hydrogen (secondary N) is 1. The lowest BCUT2D eigenvalue weighted by molar-refractivity contribution is 0.0733. The van der Waals surface area contributed by atoms with Crippen LogP contribution in [0.2, 0.25) is 0 Å². The average molecular weight is 293 g/mol. The Balaban J connectivity index is 2.23. The maximum Gasteiger partial charge on any atom is 0.301 e. The van der Waals surface area contributed by atoms with Crippen LogP contribution in [0.3, 0.4) is 0 Å². The first kappa shape index (κ1) is 14.0. The van der Waals surface area contributed by atoms with Crippen LogP contribution >= 0.6 is 0 Å². The third kappa shape index (κ3) is 2.94. The molecule has 0 spiro atoms. The molecule has 3 N–H and O–H groups in total. The van der Waals surface area contributed by atoms with Gasteiger partial charge in [-0.05, 0) is 12.1 Å². The van der Waals surface area contributed by atoms with Crippen molar-refractivity contribution in [3.63, 3.8) is 0 Å². The van der Waals surface area contributed by atoms with Gasteiger partial charge in [-0.1, -0.05) is 0 Å². The molecule has 1 aromatic carbocycles. The molecule has 1 aromatic rings. The Morgan fingerprint density at radius 2 is 1.89 bits per heavy atom. The summed E-state index contributed by atoms with van der Waals surface area (Å²) in [4.78, 5) is 0. The number of benzene rings is 1. The Kier molecular flexibility index (Phi) is 3.88. The summed E-state index contributed by atoms with van der Waals surface area (Å²) in [6, 6.07) is 1.88. The first-order valence-electron chi connectivity index (χ1n) is 5.51. The Hall–Kier alpha value is -1.45. The summed E-state index contributed by atoms with van der Waals surface area (Å²) in [5.41, 5.74) is 4.06. The Labute approximate surface area is 109 Å². The number of nitrogens with two attached hydrogens (primary N) is 1. The fraction of sp³-hybridized carbons (Fsp3) is 0.400. The Morgan fingerprint density at radius 3 is 2.53 bits per heavy atom. The van der Waals surface area contributed by atoms with E-state index in [4.69, 9.17) is 10.5 Å². The van der Waals surface area contributed by atoms with Crippen molar-refractivity contribution in [1.82, 2.24) is 4.31 Å². The molecule has 9 heteroatoms. The molecular formula is C10H13F2N3O3S. The van der Waals surface area contributed by atoms with Crippen LogP contribution in [0.25, 0.3) is 0 Å². The summed E-state index contributed by atoms with van der Waals surface area (Å²) >= 11 is 0. The van der Waals surface area contributed by atoms with Crippen LogP contribution in [0, 0.1) is 11.6 Å². The summed E-state index contributed by atoms with van der Waals surface area (Å²) in [6.07, 6.45) is 0. The second-order valence-electron chi connectivity index (χ2n) is 3.94. The number of rotatable bonds is 3. The first-order valence-corrected chi connectivity index (χ1v) is 6.95. The number of anilines is 2. The fourth-order valence-electron chi connectivity index (χ4n) is 1.64. The molecule has 0 aromatic heterocycles. The van der Waals surface area contributed by atoms with E-state index in [1.807, 2.05) is 4.72 Å². The van der Waals surface area contributed by atoms with Gasteiger partial charge in [-0.2, -0.15) is 12.7 Å². The minimum Gasteiger partial charge on any atom is -0.394 e. The van der Waals surface area contributed by atoms with Gasteiger partial charge in [0.1, 0.15) is 11.5 Å². The summed E-state index contributed by atoms with van der Waals surface area (Å²) < 4.78 is 58.7. The molecule has 0 radical (unpaired) electrons. The van der Waals surface area contributed by atoms with Gasteiger partial charge in [0.15, 0.2) is 5.82 Å². The van der Waals surface area contributed by atoms with E-state index in [9.17, 15) is 17.2 Å². The summed E-state index contributed by atoms with van der Waals surface area (Å²) in [7, 11) is -3.90. The van der Waals surface area contributed by atoms with Gasteiger partial charge in [-0.25, -0.2) is 8.78 Å². The standard InChI is InChI=1S/C10H13F2N3O3S/c11-7-1-2-8(9(12)10(7)13)14-19(16,17)15-3-5-18-6-4-15/h1-2,14H,3-6,13H2. The summed E-state index contributed by atoms with van der Waals surface area (Å²) in [5, 5.41) is 0. The topological polar surface area (TPSA) is 84.7 Å². The van der Waals surface area contributed by atoms with Crippen molar-refractivity contribution in [1.29, 1.82) is 0 Å². The number of hydrogen-bond acceptors (Lipinski definition) is 4. The number of nitrogen functional groups attached to an aromatic ring is 1. The second-order valence-corrected chi connectivity index (χ2v) is 5.61. The Morgan fingerprint density at radius 1 is 1.26 bits per heavy atom. The molecule has 6 nitrogen and oxygen atoms in total. The van der Waals surface area contributed by atoms with E-state index in [2.05, 4.69) is 0 Å². The third-order valence-corrected chi connectivity index (χ3v) is 4.20. The normalized spacial score (nSPS) is 17.4. The molecule has 0 amide bonds. The number of halogens is 2. The lowest BCUT2D eigenvalue weighted by Crippen LogP contribution is -2.43. The lowest BCUT2D eigenvalue weighted by Gasteiger charge is -2.26. The molecule has 0 atom stereocenters. The molecular weight excluding hydrogens is 280 g/mol. The van der Waals surface area contributed by atoms with E-state index in [0.29, 0.717) is 0 Å². The fourth-order valence-corrected chi connectivity index (χ4v) is 2.83. The zero-order valence-corrected chi connectivity index (χ0v) is 10.7. The molecule has 19 heavy (non-hydrogen) atoms. The van der Waals surface area contributed by atoms with Crippen molar-refractivity contribution in [2.24, 2.45) is 0 Å². The number of hydrogen-bond donors (Lipinski definition) is 2. The number of morpholine rings is 1. The molecule has 2 rings (SSSR count). The zero-order chi connectivity index (χ0) is 14.0. The van der Waals surface area contributed by atoms with Gasteiger partial charge in [0, 0.05) is 13.1 Å². The highest BCUT2D eigenvalue weighted by Gasteiger charge is 2.25. The lowest BCUT2D eigenvalue weighted by atomic mass is 10.2. The van der Waals surface area contributed by atoms with Gasteiger partial charge in [-0.3, -0.25) is 4.72 Å². The molecule has 0 bridgehead atoms. The molecule has 1 aliphatic rings. The monoisotopic (exact) mass is 293 g/mol. The predicted octanol–water partition coefficient (Wildman–Crippen LogP) is 0.536. The van der Waals surface area contributed by atoms with Gasteiger partial charge in [-0.15, -0.1) is 0 Å². The van der Waals surface area contributed by atoms with Crippen molar-refractivity contribution < 1.29 is 21.9 Å². The van der Waals surface area contributed by atoms with E-state index >= 15 is 0 Å². The van der Waals surface area contributed by atoms with Crippen LogP contribution < -0.4 is 10.5 Å². The van der Waals surface area contributed by atoms with Crippen LogP contribution in [0.5, 0.6) is 0 Å². The Bertz CT molecular complexity index is 574. The van der Waals surface area contributed by atoms with Gasteiger partial charge in [0.05, 0.1) is 18.9 Å². The van der Waals surface area contributed by atoms with Gasteiger partial charge >= 0.3 is 10.2 Å². The van der Waals surface area contributed by atoms with Crippen LogP contribution in [-0.2, 0) is 14.9 Å². The van der Waals surface area contributed by atoms with E-state index in [-0.39, 0.29) is 32.0 Å². The molecule has 106 valence electrons. The van der Waals surface area contributed by atoms with Crippen LogP contribution in [0.15, 0.2) is 12.1 Å². The highest BCUT2D eigenvalue weighted by Crippen LogP contribution is 2.24. The van der Waals surface area contributed by atoms with Crippen LogP contribution in [-0.4, -0.2) is 39.0 Å². The molecule has 0 saturated carbocycles. The van der Waals surface area contributed by atoms with Crippen molar-refractivity contribution >= 4 is 21.6 Å². The third-order valence-electron chi connectivity index (χ3n) is 2.68.